The zero-order valence-corrected chi connectivity index (χ0v) is 14.6. The standard InChI is InChI=1S/C21H23N3O/c1-16(25)18-7-8-19(14-22)21(13-18)23-10-4-11-24-12-9-17-5-2-3-6-20(17)15-24/h2-3,5-8,13,23H,4,9-12,15H2,1H3. The lowest BCUT2D eigenvalue weighted by atomic mass is 10.00. The van der Waals surface area contributed by atoms with Gasteiger partial charge in [-0.25, -0.2) is 0 Å². The first-order chi connectivity index (χ1) is 12.2. The van der Waals surface area contributed by atoms with E-state index in [-0.39, 0.29) is 5.78 Å². The highest BCUT2D eigenvalue weighted by molar-refractivity contribution is 5.95. The van der Waals surface area contributed by atoms with Crippen LogP contribution in [-0.2, 0) is 13.0 Å². The van der Waals surface area contributed by atoms with Gasteiger partial charge in [0, 0.05) is 31.7 Å². The number of nitrogens with zero attached hydrogens (tertiary/aromatic N) is 2. The molecule has 4 nitrogen and oxygen atoms in total. The molecule has 0 atom stereocenters. The Hall–Kier alpha value is -2.64. The summed E-state index contributed by atoms with van der Waals surface area (Å²) in [6.07, 6.45) is 2.11. The minimum atomic E-state index is 0.0134. The maximum absolute atomic E-state index is 11.5. The third kappa shape index (κ3) is 4.26. The number of Topliss-reactive ketones (excluding diaryl/α,β-unsaturated/α-hetero) is 1. The van der Waals surface area contributed by atoms with E-state index in [1.807, 2.05) is 0 Å². The van der Waals surface area contributed by atoms with Gasteiger partial charge < -0.3 is 5.32 Å². The summed E-state index contributed by atoms with van der Waals surface area (Å²) < 4.78 is 0. The molecule has 0 saturated carbocycles. The number of rotatable bonds is 6. The first kappa shape index (κ1) is 17.2. The summed E-state index contributed by atoms with van der Waals surface area (Å²) >= 11 is 0. The van der Waals surface area contributed by atoms with Gasteiger partial charge in [0.1, 0.15) is 6.07 Å². The van der Waals surface area contributed by atoms with Crippen molar-refractivity contribution >= 4 is 11.5 Å². The number of hydrogen-bond acceptors (Lipinski definition) is 4. The van der Waals surface area contributed by atoms with Gasteiger partial charge in [0.2, 0.25) is 0 Å². The first-order valence-corrected chi connectivity index (χ1v) is 8.75. The van der Waals surface area contributed by atoms with Crippen molar-refractivity contribution in [3.8, 4) is 6.07 Å². The lowest BCUT2D eigenvalue weighted by Gasteiger charge is -2.28. The fourth-order valence-corrected chi connectivity index (χ4v) is 3.28. The summed E-state index contributed by atoms with van der Waals surface area (Å²) in [5.41, 5.74) is 4.87. The molecule has 0 amide bonds. The molecule has 1 N–H and O–H groups in total. The second-order valence-electron chi connectivity index (χ2n) is 6.50. The largest absolute Gasteiger partial charge is 0.384 e. The monoisotopic (exact) mass is 333 g/mol. The lowest BCUT2D eigenvalue weighted by Crippen LogP contribution is -2.32. The summed E-state index contributed by atoms with van der Waals surface area (Å²) in [4.78, 5) is 14.0. The normalized spacial score (nSPS) is 13.8. The topological polar surface area (TPSA) is 56.1 Å². The molecule has 1 aliphatic rings. The van der Waals surface area contributed by atoms with Crippen LogP contribution < -0.4 is 5.32 Å². The highest BCUT2D eigenvalue weighted by Gasteiger charge is 2.15. The molecule has 0 radical (unpaired) electrons. The Morgan fingerprint density at radius 1 is 1.24 bits per heavy atom. The van der Waals surface area contributed by atoms with E-state index in [1.54, 1.807) is 25.1 Å². The molecule has 2 aromatic carbocycles. The summed E-state index contributed by atoms with van der Waals surface area (Å²) in [7, 11) is 0. The number of carbonyl (C=O) groups excluding carboxylic acids is 1. The van der Waals surface area contributed by atoms with E-state index in [2.05, 4.69) is 40.6 Å². The highest BCUT2D eigenvalue weighted by Crippen LogP contribution is 2.19. The van der Waals surface area contributed by atoms with Gasteiger partial charge in [-0.1, -0.05) is 24.3 Å². The van der Waals surface area contributed by atoms with Crippen molar-refractivity contribution in [3.05, 3.63) is 64.7 Å². The lowest BCUT2D eigenvalue weighted by molar-refractivity contribution is 0.101. The maximum Gasteiger partial charge on any atom is 0.159 e. The first-order valence-electron chi connectivity index (χ1n) is 8.75. The Morgan fingerprint density at radius 3 is 2.80 bits per heavy atom. The molecule has 0 aliphatic carbocycles. The van der Waals surface area contributed by atoms with Crippen molar-refractivity contribution in [2.45, 2.75) is 26.3 Å². The molecule has 128 valence electrons. The van der Waals surface area contributed by atoms with Crippen LogP contribution in [0.2, 0.25) is 0 Å². The second-order valence-corrected chi connectivity index (χ2v) is 6.50. The number of ketones is 1. The van der Waals surface area contributed by atoms with Crippen LogP contribution in [0.25, 0.3) is 0 Å². The Balaban J connectivity index is 1.52. The quantitative estimate of drug-likeness (QED) is 0.648. The average molecular weight is 333 g/mol. The third-order valence-electron chi connectivity index (χ3n) is 4.72. The number of nitrogens with one attached hydrogen (secondary N) is 1. The molecule has 0 spiro atoms. The molecule has 1 aliphatic heterocycles. The number of benzene rings is 2. The predicted octanol–water partition coefficient (Wildman–Crippen LogP) is 3.62. The van der Waals surface area contributed by atoms with Crippen LogP contribution in [0.5, 0.6) is 0 Å². The van der Waals surface area contributed by atoms with Gasteiger partial charge in [0.15, 0.2) is 5.78 Å². The number of carbonyl (C=O) groups is 1. The molecular weight excluding hydrogens is 310 g/mol. The van der Waals surface area contributed by atoms with E-state index in [9.17, 15) is 10.1 Å². The third-order valence-corrected chi connectivity index (χ3v) is 4.72. The summed E-state index contributed by atoms with van der Waals surface area (Å²) in [6, 6.07) is 16.0. The number of fused-ring (bicyclic) bond motifs is 1. The number of nitriles is 1. The maximum atomic E-state index is 11.5. The van der Waals surface area contributed by atoms with Crippen molar-refractivity contribution < 1.29 is 4.79 Å². The van der Waals surface area contributed by atoms with Gasteiger partial charge in [0.25, 0.3) is 0 Å². The fraction of sp³-hybridized carbons (Fsp3) is 0.333. The van der Waals surface area contributed by atoms with Crippen LogP contribution in [0.4, 0.5) is 5.69 Å². The SMILES string of the molecule is CC(=O)c1ccc(C#N)c(NCCCN2CCc3ccccc3C2)c1. The van der Waals surface area contributed by atoms with E-state index < -0.39 is 0 Å². The molecule has 0 unspecified atom stereocenters. The van der Waals surface area contributed by atoms with Crippen molar-refractivity contribution in [1.29, 1.82) is 5.26 Å². The molecule has 25 heavy (non-hydrogen) atoms. The molecule has 4 heteroatoms. The predicted molar refractivity (Wildman–Crippen MR) is 99.7 cm³/mol. The van der Waals surface area contributed by atoms with Gasteiger partial charge in [-0.15, -0.1) is 0 Å². The van der Waals surface area contributed by atoms with E-state index in [0.717, 1.165) is 44.7 Å². The van der Waals surface area contributed by atoms with E-state index in [4.69, 9.17) is 0 Å². The molecule has 0 bridgehead atoms. The van der Waals surface area contributed by atoms with Crippen LogP contribution in [0.3, 0.4) is 0 Å². The molecule has 3 rings (SSSR count). The Labute approximate surface area is 149 Å². The molecule has 0 saturated heterocycles. The van der Waals surface area contributed by atoms with Crippen molar-refractivity contribution in [2.24, 2.45) is 0 Å². The second kappa shape index (κ2) is 7.96. The smallest absolute Gasteiger partial charge is 0.159 e. The van der Waals surface area contributed by atoms with Gasteiger partial charge >= 0.3 is 0 Å². The van der Waals surface area contributed by atoms with Gasteiger partial charge in [0.05, 0.1) is 11.3 Å². The average Bonchev–Trinajstić information content (AvgIpc) is 2.64. The zero-order valence-electron chi connectivity index (χ0n) is 14.6. The van der Waals surface area contributed by atoms with Gasteiger partial charge in [-0.3, -0.25) is 9.69 Å². The van der Waals surface area contributed by atoms with Crippen LogP contribution in [0.15, 0.2) is 42.5 Å². The van der Waals surface area contributed by atoms with Crippen molar-refractivity contribution in [3.63, 3.8) is 0 Å². The van der Waals surface area contributed by atoms with E-state index in [0.29, 0.717) is 11.1 Å². The summed E-state index contributed by atoms with van der Waals surface area (Å²) in [5, 5.41) is 12.5. The number of hydrogen-bond donors (Lipinski definition) is 1. The van der Waals surface area contributed by atoms with E-state index in [1.165, 1.54) is 11.1 Å². The molecule has 1 heterocycles. The van der Waals surface area contributed by atoms with Gasteiger partial charge in [-0.05, 0) is 49.1 Å². The summed E-state index contributed by atoms with van der Waals surface area (Å²) in [6.45, 7) is 5.46. The van der Waals surface area contributed by atoms with Crippen LogP contribution in [-0.4, -0.2) is 30.3 Å². The molecule has 0 fully saturated rings. The Morgan fingerprint density at radius 2 is 2.04 bits per heavy atom. The van der Waals surface area contributed by atoms with Crippen LogP contribution in [0.1, 0.15) is 40.4 Å². The molecule has 0 aromatic heterocycles. The highest BCUT2D eigenvalue weighted by atomic mass is 16.1. The number of anilines is 1. The van der Waals surface area contributed by atoms with Crippen molar-refractivity contribution in [1.82, 2.24) is 4.90 Å². The van der Waals surface area contributed by atoms with Crippen molar-refractivity contribution in [2.75, 3.05) is 25.0 Å². The van der Waals surface area contributed by atoms with E-state index >= 15 is 0 Å². The van der Waals surface area contributed by atoms with Crippen LogP contribution >= 0.6 is 0 Å². The Kier molecular flexibility index (Phi) is 5.47. The minimum Gasteiger partial charge on any atom is -0.384 e. The Bertz CT molecular complexity index is 807. The minimum absolute atomic E-state index is 0.0134. The van der Waals surface area contributed by atoms with Crippen LogP contribution in [0, 0.1) is 11.3 Å². The molecular formula is C21H23N3O. The zero-order chi connectivity index (χ0) is 17.6. The fourth-order valence-electron chi connectivity index (χ4n) is 3.28. The molecule has 2 aromatic rings. The van der Waals surface area contributed by atoms with Gasteiger partial charge in [-0.2, -0.15) is 5.26 Å². The summed E-state index contributed by atoms with van der Waals surface area (Å²) in [5.74, 6) is 0.0134.